The predicted octanol–water partition coefficient (Wildman–Crippen LogP) is 14.7. The molecule has 0 spiro atoms. The quantitative estimate of drug-likeness (QED) is 0.0538. The maximum atomic E-state index is 6.10. The van der Waals surface area contributed by atoms with Gasteiger partial charge in [0, 0.05) is 29.1 Å². The lowest BCUT2D eigenvalue weighted by Gasteiger charge is -2.23. The highest BCUT2D eigenvalue weighted by Crippen LogP contribution is 2.37. The van der Waals surface area contributed by atoms with Crippen molar-refractivity contribution in [3.8, 4) is 0 Å². The van der Waals surface area contributed by atoms with Crippen molar-refractivity contribution in [3.05, 3.63) is 130 Å². The van der Waals surface area contributed by atoms with Gasteiger partial charge in [-0.1, -0.05) is 196 Å². The molecule has 0 aromatic heterocycles. The molecule has 2 unspecified atom stereocenters. The largest absolute Gasteiger partial charge is 0.399 e. The zero-order valence-corrected chi connectivity index (χ0v) is 32.6. The van der Waals surface area contributed by atoms with Gasteiger partial charge in [-0.05, 0) is 76.9 Å². The van der Waals surface area contributed by atoms with Crippen molar-refractivity contribution in [1.82, 2.24) is 0 Å². The standard InChI is InChI=1S/C49H70N2/c1-4-7-10-12-14-16-18-21-48(43-31-35-45(50)36-32-43)41-27-23-39(24-28-41)47(20-9-6-3)40-25-29-42(30-26-40)49(44-33-37-46(51)38-34-44)22-19-17-15-13-11-8-5-2/h23-38,47-49H,4-22,50-51H2,1-3H3. The summed E-state index contributed by atoms with van der Waals surface area (Å²) >= 11 is 0. The van der Waals surface area contributed by atoms with Gasteiger partial charge in [-0.15, -0.1) is 0 Å². The fourth-order valence-electron chi connectivity index (χ4n) is 7.97. The van der Waals surface area contributed by atoms with Crippen LogP contribution < -0.4 is 11.5 Å². The Morgan fingerprint density at radius 2 is 0.510 bits per heavy atom. The third-order valence-electron chi connectivity index (χ3n) is 11.2. The lowest BCUT2D eigenvalue weighted by Crippen LogP contribution is -2.06. The van der Waals surface area contributed by atoms with Crippen molar-refractivity contribution in [2.24, 2.45) is 0 Å². The summed E-state index contributed by atoms with van der Waals surface area (Å²) in [6, 6.07) is 36.6. The van der Waals surface area contributed by atoms with Gasteiger partial charge >= 0.3 is 0 Å². The molecule has 4 aromatic carbocycles. The summed E-state index contributed by atoms with van der Waals surface area (Å²) in [6.07, 6.45) is 24.7. The van der Waals surface area contributed by atoms with E-state index in [0.717, 1.165) is 11.4 Å². The van der Waals surface area contributed by atoms with Gasteiger partial charge in [0.1, 0.15) is 0 Å². The van der Waals surface area contributed by atoms with Crippen LogP contribution in [0.3, 0.4) is 0 Å². The van der Waals surface area contributed by atoms with E-state index in [1.165, 1.54) is 155 Å². The summed E-state index contributed by atoms with van der Waals surface area (Å²) in [4.78, 5) is 0. The predicted molar refractivity (Wildman–Crippen MR) is 225 cm³/mol. The number of anilines is 2. The third-order valence-corrected chi connectivity index (χ3v) is 11.2. The van der Waals surface area contributed by atoms with Crippen LogP contribution in [0.4, 0.5) is 11.4 Å². The molecule has 2 nitrogen and oxygen atoms in total. The Balaban J connectivity index is 1.50. The molecule has 0 aliphatic carbocycles. The Labute approximate surface area is 312 Å². The zero-order valence-electron chi connectivity index (χ0n) is 32.6. The Morgan fingerprint density at radius 3 is 0.784 bits per heavy atom. The van der Waals surface area contributed by atoms with Gasteiger partial charge in [0.15, 0.2) is 0 Å². The lowest BCUT2D eigenvalue weighted by atomic mass is 9.82. The van der Waals surface area contributed by atoms with Gasteiger partial charge in [-0.2, -0.15) is 0 Å². The molecule has 0 heterocycles. The molecule has 0 fully saturated rings. The molecule has 51 heavy (non-hydrogen) atoms. The molecule has 4 N–H and O–H groups in total. The monoisotopic (exact) mass is 687 g/mol. The van der Waals surface area contributed by atoms with E-state index >= 15 is 0 Å². The van der Waals surface area contributed by atoms with E-state index in [4.69, 9.17) is 11.5 Å². The number of nitrogens with two attached hydrogens (primary N) is 2. The highest BCUT2D eigenvalue weighted by molar-refractivity contribution is 5.45. The van der Waals surface area contributed by atoms with Gasteiger partial charge in [0.25, 0.3) is 0 Å². The van der Waals surface area contributed by atoms with Crippen LogP contribution in [0.25, 0.3) is 0 Å². The minimum atomic E-state index is 0.407. The summed E-state index contributed by atoms with van der Waals surface area (Å²) in [7, 11) is 0. The maximum Gasteiger partial charge on any atom is 0.0314 e. The van der Waals surface area contributed by atoms with Gasteiger partial charge in [0.2, 0.25) is 0 Å². The second-order valence-corrected chi connectivity index (χ2v) is 15.3. The van der Waals surface area contributed by atoms with Crippen molar-refractivity contribution in [1.29, 1.82) is 0 Å². The first-order chi connectivity index (χ1) is 25.0. The Hall–Kier alpha value is -3.52. The van der Waals surface area contributed by atoms with E-state index in [1.807, 2.05) is 0 Å². The first-order valence-electron chi connectivity index (χ1n) is 20.9. The van der Waals surface area contributed by atoms with Gasteiger partial charge in [-0.3, -0.25) is 0 Å². The molecule has 0 saturated heterocycles. The van der Waals surface area contributed by atoms with Crippen molar-refractivity contribution < 1.29 is 0 Å². The molecule has 276 valence electrons. The van der Waals surface area contributed by atoms with Crippen LogP contribution in [0.15, 0.2) is 97.1 Å². The second-order valence-electron chi connectivity index (χ2n) is 15.3. The van der Waals surface area contributed by atoms with Crippen LogP contribution in [0.2, 0.25) is 0 Å². The average molecular weight is 687 g/mol. The molecule has 4 aromatic rings. The number of rotatable bonds is 25. The normalized spacial score (nSPS) is 13.2. The molecular weight excluding hydrogens is 617 g/mol. The first kappa shape index (κ1) is 40.3. The topological polar surface area (TPSA) is 52.0 Å². The Bertz CT molecular complexity index is 1340. The van der Waals surface area contributed by atoms with Crippen molar-refractivity contribution in [2.45, 2.75) is 161 Å². The zero-order chi connectivity index (χ0) is 36.1. The molecule has 2 heteroatoms. The molecule has 0 aliphatic heterocycles. The lowest BCUT2D eigenvalue weighted by molar-refractivity contribution is 0.558. The van der Waals surface area contributed by atoms with Crippen LogP contribution in [-0.4, -0.2) is 0 Å². The van der Waals surface area contributed by atoms with E-state index in [0.29, 0.717) is 17.8 Å². The minimum Gasteiger partial charge on any atom is -0.399 e. The van der Waals surface area contributed by atoms with E-state index < -0.39 is 0 Å². The first-order valence-corrected chi connectivity index (χ1v) is 20.9. The molecule has 0 amide bonds. The van der Waals surface area contributed by atoms with Crippen LogP contribution in [0, 0.1) is 0 Å². The van der Waals surface area contributed by atoms with Crippen molar-refractivity contribution in [2.75, 3.05) is 11.5 Å². The molecule has 0 saturated carbocycles. The number of unbranched alkanes of at least 4 members (excludes halogenated alkanes) is 13. The smallest absolute Gasteiger partial charge is 0.0314 e. The maximum absolute atomic E-state index is 6.10. The van der Waals surface area contributed by atoms with Crippen molar-refractivity contribution >= 4 is 11.4 Å². The summed E-state index contributed by atoms with van der Waals surface area (Å²) < 4.78 is 0. The average Bonchev–Trinajstić information content (AvgIpc) is 3.16. The van der Waals surface area contributed by atoms with E-state index in [9.17, 15) is 0 Å². The SMILES string of the molecule is CCCCCCCCCC(c1ccc(N)cc1)c1ccc(C(CCCC)c2ccc(C(CCCCCCCCC)c3ccc(N)cc3)cc2)cc1. The molecule has 0 bridgehead atoms. The van der Waals surface area contributed by atoms with E-state index in [-0.39, 0.29) is 0 Å². The van der Waals surface area contributed by atoms with Gasteiger partial charge < -0.3 is 11.5 Å². The van der Waals surface area contributed by atoms with Gasteiger partial charge in [-0.25, -0.2) is 0 Å². The summed E-state index contributed by atoms with van der Waals surface area (Å²) in [5.74, 6) is 1.22. The molecule has 0 radical (unpaired) electrons. The van der Waals surface area contributed by atoms with Crippen LogP contribution in [0.5, 0.6) is 0 Å². The van der Waals surface area contributed by atoms with Crippen LogP contribution in [-0.2, 0) is 0 Å². The summed E-state index contributed by atoms with van der Waals surface area (Å²) in [5, 5.41) is 0. The number of hydrogen-bond donors (Lipinski definition) is 2. The number of benzene rings is 4. The third kappa shape index (κ3) is 13.5. The molecule has 0 aliphatic rings. The molecule has 2 atom stereocenters. The fourth-order valence-corrected chi connectivity index (χ4v) is 7.97. The molecule has 4 rings (SSSR count). The van der Waals surface area contributed by atoms with Crippen molar-refractivity contribution in [3.63, 3.8) is 0 Å². The summed E-state index contributed by atoms with van der Waals surface area (Å²) in [5.41, 5.74) is 22.4. The number of hydrogen-bond acceptors (Lipinski definition) is 2. The summed E-state index contributed by atoms with van der Waals surface area (Å²) in [6.45, 7) is 6.90. The van der Waals surface area contributed by atoms with Gasteiger partial charge in [0.05, 0.1) is 0 Å². The second kappa shape index (κ2) is 23.1. The highest BCUT2D eigenvalue weighted by atomic mass is 14.5. The highest BCUT2D eigenvalue weighted by Gasteiger charge is 2.19. The van der Waals surface area contributed by atoms with E-state index in [2.05, 4.69) is 118 Å². The van der Waals surface area contributed by atoms with E-state index in [1.54, 1.807) is 0 Å². The number of nitrogen functional groups attached to an aromatic ring is 2. The van der Waals surface area contributed by atoms with Crippen LogP contribution >= 0.6 is 0 Å². The minimum absolute atomic E-state index is 0.407. The fraction of sp³-hybridized carbons (Fsp3) is 0.510. The Kier molecular flexibility index (Phi) is 18.3. The van der Waals surface area contributed by atoms with Crippen LogP contribution in [0.1, 0.15) is 194 Å². The Morgan fingerprint density at radius 1 is 0.294 bits per heavy atom. The molecular formula is C49H70N2.